The number of hydrogen-bond acceptors (Lipinski definition) is 4. The lowest BCUT2D eigenvalue weighted by Gasteiger charge is -2.33. The minimum Gasteiger partial charge on any atom is -0.494 e. The van der Waals surface area contributed by atoms with Gasteiger partial charge < -0.3 is 20.1 Å². The summed E-state index contributed by atoms with van der Waals surface area (Å²) in [6, 6.07) is 6.55. The van der Waals surface area contributed by atoms with Crippen molar-refractivity contribution in [1.82, 2.24) is 10.6 Å². The zero-order valence-electron chi connectivity index (χ0n) is 17.1. The molecule has 6 nitrogen and oxygen atoms in total. The van der Waals surface area contributed by atoms with Crippen LogP contribution in [0.1, 0.15) is 58.6 Å². The fraction of sp³-hybridized carbons (Fsp3) is 0.545. The van der Waals surface area contributed by atoms with Gasteiger partial charge in [-0.1, -0.05) is 26.0 Å². The number of allylic oxidation sites excluding steroid dienone is 1. The molecule has 1 saturated carbocycles. The van der Waals surface area contributed by atoms with Crippen molar-refractivity contribution < 1.29 is 19.1 Å². The van der Waals surface area contributed by atoms with Crippen LogP contribution in [0.2, 0.25) is 0 Å². The quantitative estimate of drug-likeness (QED) is 0.748. The Balaban J connectivity index is 1.80. The van der Waals surface area contributed by atoms with Crippen LogP contribution < -0.4 is 15.4 Å². The van der Waals surface area contributed by atoms with E-state index in [1.807, 2.05) is 31.2 Å². The van der Waals surface area contributed by atoms with Gasteiger partial charge in [0.2, 0.25) is 0 Å². The molecule has 1 aromatic rings. The third-order valence-corrected chi connectivity index (χ3v) is 5.84. The molecule has 0 unspecified atom stereocenters. The van der Waals surface area contributed by atoms with Crippen molar-refractivity contribution in [2.45, 2.75) is 59.1 Å². The molecule has 1 aromatic carbocycles. The van der Waals surface area contributed by atoms with E-state index < -0.39 is 6.04 Å². The first-order valence-electron chi connectivity index (χ1n) is 10.1. The Hall–Kier alpha value is -2.50. The lowest BCUT2D eigenvalue weighted by molar-refractivity contribution is -0.147. The zero-order chi connectivity index (χ0) is 20.3. The Morgan fingerprint density at radius 3 is 2.50 bits per heavy atom. The van der Waals surface area contributed by atoms with Crippen molar-refractivity contribution in [3.05, 3.63) is 41.1 Å². The Bertz CT molecular complexity index is 756. The van der Waals surface area contributed by atoms with E-state index in [2.05, 4.69) is 24.5 Å². The number of rotatable bonds is 5. The van der Waals surface area contributed by atoms with Crippen LogP contribution in [-0.4, -0.2) is 24.7 Å². The number of carbonyl (C=O) groups is 2. The third kappa shape index (κ3) is 4.49. The highest BCUT2D eigenvalue weighted by Crippen LogP contribution is 2.33. The number of urea groups is 1. The summed E-state index contributed by atoms with van der Waals surface area (Å²) in [5, 5.41) is 5.55. The van der Waals surface area contributed by atoms with Crippen LogP contribution in [0, 0.1) is 11.8 Å². The topological polar surface area (TPSA) is 76.7 Å². The predicted molar refractivity (Wildman–Crippen MR) is 107 cm³/mol. The van der Waals surface area contributed by atoms with Gasteiger partial charge in [0.25, 0.3) is 0 Å². The van der Waals surface area contributed by atoms with Crippen LogP contribution in [0.3, 0.4) is 0 Å². The lowest BCUT2D eigenvalue weighted by atomic mass is 9.80. The monoisotopic (exact) mass is 386 g/mol. The minimum atomic E-state index is -0.545. The summed E-state index contributed by atoms with van der Waals surface area (Å²) in [4.78, 5) is 25.1. The number of ether oxygens (including phenoxy) is 2. The molecule has 2 aliphatic rings. The molecule has 4 atom stereocenters. The van der Waals surface area contributed by atoms with Crippen molar-refractivity contribution >= 4 is 12.0 Å². The number of benzene rings is 1. The minimum absolute atomic E-state index is 0.0717. The smallest absolute Gasteiger partial charge is 0.338 e. The third-order valence-electron chi connectivity index (χ3n) is 5.84. The molecule has 28 heavy (non-hydrogen) atoms. The summed E-state index contributed by atoms with van der Waals surface area (Å²) in [5.74, 6) is 1.58. The second-order valence-corrected chi connectivity index (χ2v) is 7.87. The lowest BCUT2D eigenvalue weighted by Crippen LogP contribution is -2.45. The van der Waals surface area contributed by atoms with Gasteiger partial charge in [0, 0.05) is 5.70 Å². The standard InChI is InChI=1S/C22H30N2O4/c1-5-27-17-10-7-16(8-11-17)20-19(15(4)23-22(26)24-20)21(25)28-18-9-6-13(2)14(3)12-18/h7-8,10-11,13-14,18,20H,5-6,9,12H2,1-4H3,(H2,23,24,26)/t13-,14-,18+,20+/m0/s1. The largest absolute Gasteiger partial charge is 0.494 e. The molecule has 2 amide bonds. The van der Waals surface area contributed by atoms with Gasteiger partial charge >= 0.3 is 12.0 Å². The summed E-state index contributed by atoms with van der Waals surface area (Å²) in [6.07, 6.45) is 2.76. The summed E-state index contributed by atoms with van der Waals surface area (Å²) in [5.41, 5.74) is 1.80. The van der Waals surface area contributed by atoms with E-state index in [-0.39, 0.29) is 18.1 Å². The number of carbonyl (C=O) groups excluding carboxylic acids is 2. The van der Waals surface area contributed by atoms with Gasteiger partial charge in [0.05, 0.1) is 18.2 Å². The number of nitrogens with one attached hydrogen (secondary N) is 2. The molecule has 0 saturated heterocycles. The molecule has 2 N–H and O–H groups in total. The van der Waals surface area contributed by atoms with E-state index in [0.717, 1.165) is 30.6 Å². The first-order chi connectivity index (χ1) is 13.4. The zero-order valence-corrected chi connectivity index (χ0v) is 17.1. The molecular formula is C22H30N2O4. The van der Waals surface area contributed by atoms with E-state index in [1.165, 1.54) is 0 Å². The van der Waals surface area contributed by atoms with Crippen molar-refractivity contribution in [3.8, 4) is 5.75 Å². The molecule has 0 spiro atoms. The molecule has 1 aliphatic carbocycles. The maximum Gasteiger partial charge on any atom is 0.338 e. The first-order valence-corrected chi connectivity index (χ1v) is 10.1. The van der Waals surface area contributed by atoms with Crippen molar-refractivity contribution in [2.24, 2.45) is 11.8 Å². The SMILES string of the molecule is CCOc1ccc([C@H]2NC(=O)NC(C)=C2C(=O)O[C@@H]2CC[C@H](C)[C@@H](C)C2)cc1. The molecule has 1 heterocycles. The van der Waals surface area contributed by atoms with Crippen LogP contribution in [0.15, 0.2) is 35.5 Å². The second kappa shape index (κ2) is 8.67. The van der Waals surface area contributed by atoms with E-state index in [4.69, 9.17) is 9.47 Å². The highest BCUT2D eigenvalue weighted by atomic mass is 16.5. The van der Waals surface area contributed by atoms with Crippen molar-refractivity contribution in [3.63, 3.8) is 0 Å². The fourth-order valence-corrected chi connectivity index (χ4v) is 3.96. The van der Waals surface area contributed by atoms with Gasteiger partial charge in [-0.15, -0.1) is 0 Å². The Morgan fingerprint density at radius 2 is 1.86 bits per heavy atom. The number of hydrogen-bond donors (Lipinski definition) is 2. The molecule has 6 heteroatoms. The summed E-state index contributed by atoms with van der Waals surface area (Å²) >= 11 is 0. The summed E-state index contributed by atoms with van der Waals surface area (Å²) in [6.45, 7) is 8.70. The molecule has 1 aliphatic heterocycles. The number of esters is 1. The predicted octanol–water partition coefficient (Wildman–Crippen LogP) is 4.08. The fourth-order valence-electron chi connectivity index (χ4n) is 3.96. The highest BCUT2D eigenvalue weighted by molar-refractivity contribution is 5.95. The summed E-state index contributed by atoms with van der Waals surface area (Å²) < 4.78 is 11.3. The molecular weight excluding hydrogens is 356 g/mol. The van der Waals surface area contributed by atoms with Crippen LogP contribution in [-0.2, 0) is 9.53 Å². The second-order valence-electron chi connectivity index (χ2n) is 7.87. The molecule has 0 radical (unpaired) electrons. The highest BCUT2D eigenvalue weighted by Gasteiger charge is 2.34. The Labute approximate surface area is 166 Å². The maximum atomic E-state index is 13.0. The van der Waals surface area contributed by atoms with Crippen LogP contribution in [0.5, 0.6) is 5.75 Å². The van der Waals surface area contributed by atoms with Gasteiger partial charge in [0.15, 0.2) is 0 Å². The summed E-state index contributed by atoms with van der Waals surface area (Å²) in [7, 11) is 0. The molecule has 152 valence electrons. The van der Waals surface area contributed by atoms with Gasteiger partial charge in [0.1, 0.15) is 11.9 Å². The first kappa shape index (κ1) is 20.2. The Morgan fingerprint density at radius 1 is 1.14 bits per heavy atom. The van der Waals surface area contributed by atoms with E-state index in [0.29, 0.717) is 29.7 Å². The Kier molecular flexibility index (Phi) is 6.27. The normalized spacial score (nSPS) is 27.6. The number of amides is 2. The van der Waals surface area contributed by atoms with Crippen LogP contribution >= 0.6 is 0 Å². The van der Waals surface area contributed by atoms with Crippen molar-refractivity contribution in [1.29, 1.82) is 0 Å². The van der Waals surface area contributed by atoms with E-state index in [9.17, 15) is 9.59 Å². The van der Waals surface area contributed by atoms with Gasteiger partial charge in [-0.25, -0.2) is 9.59 Å². The van der Waals surface area contributed by atoms with Crippen LogP contribution in [0.25, 0.3) is 0 Å². The van der Waals surface area contributed by atoms with Crippen LogP contribution in [0.4, 0.5) is 4.79 Å². The van der Waals surface area contributed by atoms with Gasteiger partial charge in [-0.05, 0) is 62.6 Å². The average Bonchev–Trinajstić information content (AvgIpc) is 2.65. The maximum absolute atomic E-state index is 13.0. The average molecular weight is 386 g/mol. The van der Waals surface area contributed by atoms with E-state index in [1.54, 1.807) is 6.92 Å². The molecule has 0 bridgehead atoms. The van der Waals surface area contributed by atoms with E-state index >= 15 is 0 Å². The van der Waals surface area contributed by atoms with Crippen molar-refractivity contribution in [2.75, 3.05) is 6.61 Å². The molecule has 0 aromatic heterocycles. The molecule has 1 fully saturated rings. The van der Waals surface area contributed by atoms with Gasteiger partial charge in [-0.3, -0.25) is 0 Å². The van der Waals surface area contributed by atoms with Gasteiger partial charge in [-0.2, -0.15) is 0 Å². The molecule has 3 rings (SSSR count).